The van der Waals surface area contributed by atoms with E-state index in [0.717, 1.165) is 18.3 Å². The summed E-state index contributed by atoms with van der Waals surface area (Å²) in [5.41, 5.74) is 3.75. The Kier molecular flexibility index (Phi) is 5.82. The third kappa shape index (κ3) is 4.83. The van der Waals surface area contributed by atoms with Gasteiger partial charge in [-0.15, -0.1) is 0 Å². The minimum absolute atomic E-state index is 0.00719. The van der Waals surface area contributed by atoms with Crippen molar-refractivity contribution >= 4 is 17.7 Å². The molecule has 5 heteroatoms. The lowest BCUT2D eigenvalue weighted by atomic mass is 9.97. The van der Waals surface area contributed by atoms with Crippen LogP contribution in [0.25, 0.3) is 6.08 Å². The molecule has 1 amide bonds. The van der Waals surface area contributed by atoms with E-state index < -0.39 is 0 Å². The number of carbonyl (C=O) groups is 1. The molecule has 0 unspecified atom stereocenters. The summed E-state index contributed by atoms with van der Waals surface area (Å²) in [6, 6.07) is 8.00. The normalized spacial score (nSPS) is 29.7. The largest absolute Gasteiger partial charge is 0.371 e. The van der Waals surface area contributed by atoms with Gasteiger partial charge in [0.05, 0.1) is 12.1 Å². The quantitative estimate of drug-likeness (QED) is 0.705. The summed E-state index contributed by atoms with van der Waals surface area (Å²) in [4.78, 5) is 17.7. The summed E-state index contributed by atoms with van der Waals surface area (Å²) in [7, 11) is 4.45. The minimum Gasteiger partial charge on any atom is -0.371 e. The van der Waals surface area contributed by atoms with Crippen LogP contribution in [0, 0.1) is 11.8 Å². The molecule has 4 aliphatic rings. The number of nitrogens with one attached hydrogen (secondary N) is 2. The molecule has 2 N–H and O–H groups in total. The van der Waals surface area contributed by atoms with E-state index in [9.17, 15) is 4.79 Å². The molecule has 5 rings (SSSR count). The average molecular weight is 423 g/mol. The van der Waals surface area contributed by atoms with Crippen LogP contribution in [0.5, 0.6) is 0 Å². The summed E-state index contributed by atoms with van der Waals surface area (Å²) in [6.07, 6.45) is 11.9. The van der Waals surface area contributed by atoms with Crippen molar-refractivity contribution in [2.24, 2.45) is 11.8 Å². The first kappa shape index (κ1) is 21.0. The fourth-order valence-corrected chi connectivity index (χ4v) is 5.36. The number of fused-ring (bicyclic) bond motifs is 1. The molecule has 0 aromatic heterocycles. The lowest BCUT2D eigenvalue weighted by molar-refractivity contribution is -0.123. The van der Waals surface area contributed by atoms with Crippen molar-refractivity contribution in [1.82, 2.24) is 15.5 Å². The molecular weight excluding hydrogens is 384 g/mol. The van der Waals surface area contributed by atoms with Crippen molar-refractivity contribution < 1.29 is 4.79 Å². The van der Waals surface area contributed by atoms with E-state index in [1.807, 2.05) is 0 Å². The lowest BCUT2D eigenvalue weighted by Crippen LogP contribution is -2.43. The fourth-order valence-electron chi connectivity index (χ4n) is 5.36. The van der Waals surface area contributed by atoms with Gasteiger partial charge in [0.1, 0.15) is 0 Å². The monoisotopic (exact) mass is 422 g/mol. The summed E-state index contributed by atoms with van der Waals surface area (Å²) in [5.74, 6) is 1.63. The fraction of sp³-hybridized carbons (Fsp3) is 0.654. The van der Waals surface area contributed by atoms with Gasteiger partial charge in [0, 0.05) is 24.8 Å². The SMILES string of the molecule is C[C@H](NC(=O)[C@@H]1C[C@H]2C[C@H]2N1)c1ccc(N(C)C2CCN(C)CC2)cc1/C=C/C1CC1. The first-order chi connectivity index (χ1) is 15.0. The zero-order valence-electron chi connectivity index (χ0n) is 19.3. The highest BCUT2D eigenvalue weighted by molar-refractivity contribution is 5.83. The van der Waals surface area contributed by atoms with Crippen molar-refractivity contribution in [3.63, 3.8) is 0 Å². The number of nitrogens with zero attached hydrogens (tertiary/aromatic N) is 2. The Morgan fingerprint density at radius 2 is 2.00 bits per heavy atom. The molecule has 168 valence electrons. The molecular formula is C26H38N4O. The average Bonchev–Trinajstić information content (AvgIpc) is 3.70. The lowest BCUT2D eigenvalue weighted by Gasteiger charge is -2.36. The third-order valence-corrected chi connectivity index (χ3v) is 7.90. The highest BCUT2D eigenvalue weighted by Gasteiger charge is 2.47. The molecule has 2 heterocycles. The number of amides is 1. The number of rotatable bonds is 7. The number of piperidine rings is 2. The van der Waals surface area contributed by atoms with Gasteiger partial charge in [-0.1, -0.05) is 18.2 Å². The molecule has 2 aliphatic carbocycles. The number of allylic oxidation sites excluding steroid dienone is 1. The van der Waals surface area contributed by atoms with Crippen molar-refractivity contribution in [2.75, 3.05) is 32.1 Å². The number of likely N-dealkylation sites (tertiary alicyclic amines) is 1. The van der Waals surface area contributed by atoms with Crippen LogP contribution in [0.3, 0.4) is 0 Å². The molecule has 4 atom stereocenters. The second-order valence-corrected chi connectivity index (χ2v) is 10.4. The molecule has 5 nitrogen and oxygen atoms in total. The Labute approximate surface area is 187 Å². The standard InChI is InChI=1S/C26H38N4O/c1-17(27-26(31)25-16-20-15-24(20)28-25)23-9-8-22(14-19(23)7-6-18-4-5-18)30(3)21-10-12-29(2)13-11-21/h6-9,14,17-18,20-21,24-25,28H,4-5,10-13,15-16H2,1-3H3,(H,27,31)/b7-6+/t17-,20+,24+,25-/m0/s1. The van der Waals surface area contributed by atoms with Gasteiger partial charge in [-0.05, 0) is 101 Å². The van der Waals surface area contributed by atoms with Crippen LogP contribution in [-0.4, -0.2) is 56.1 Å². The Morgan fingerprint density at radius 1 is 1.23 bits per heavy atom. The molecule has 0 radical (unpaired) electrons. The number of anilines is 1. The van der Waals surface area contributed by atoms with Crippen LogP contribution in [0.1, 0.15) is 62.6 Å². The predicted molar refractivity (Wildman–Crippen MR) is 127 cm³/mol. The van der Waals surface area contributed by atoms with Gasteiger partial charge in [0.2, 0.25) is 5.91 Å². The second-order valence-electron chi connectivity index (χ2n) is 10.4. The zero-order chi connectivity index (χ0) is 21.5. The van der Waals surface area contributed by atoms with Gasteiger partial charge < -0.3 is 20.4 Å². The molecule has 31 heavy (non-hydrogen) atoms. The molecule has 0 spiro atoms. The molecule has 2 saturated carbocycles. The van der Waals surface area contributed by atoms with Crippen LogP contribution in [0.15, 0.2) is 24.3 Å². The molecule has 1 aromatic rings. The van der Waals surface area contributed by atoms with Crippen LogP contribution in [0.4, 0.5) is 5.69 Å². The van der Waals surface area contributed by atoms with Crippen molar-refractivity contribution in [1.29, 1.82) is 0 Å². The van der Waals surface area contributed by atoms with E-state index in [1.54, 1.807) is 0 Å². The van der Waals surface area contributed by atoms with Crippen LogP contribution in [0.2, 0.25) is 0 Å². The Hall–Kier alpha value is -1.85. The van der Waals surface area contributed by atoms with Crippen molar-refractivity contribution in [3.8, 4) is 0 Å². The summed E-state index contributed by atoms with van der Waals surface area (Å²) in [6.45, 7) is 4.46. The van der Waals surface area contributed by atoms with Gasteiger partial charge in [-0.25, -0.2) is 0 Å². The minimum atomic E-state index is -0.00787. The Morgan fingerprint density at radius 3 is 2.68 bits per heavy atom. The summed E-state index contributed by atoms with van der Waals surface area (Å²) in [5, 5.41) is 6.76. The van der Waals surface area contributed by atoms with E-state index in [4.69, 9.17) is 0 Å². The van der Waals surface area contributed by atoms with E-state index >= 15 is 0 Å². The first-order valence-electron chi connectivity index (χ1n) is 12.3. The maximum atomic E-state index is 12.8. The topological polar surface area (TPSA) is 47.6 Å². The maximum Gasteiger partial charge on any atom is 0.237 e. The van der Waals surface area contributed by atoms with E-state index in [1.165, 1.54) is 62.0 Å². The van der Waals surface area contributed by atoms with Gasteiger partial charge >= 0.3 is 0 Å². The Balaban J connectivity index is 1.31. The number of hydrogen-bond acceptors (Lipinski definition) is 4. The van der Waals surface area contributed by atoms with E-state index in [-0.39, 0.29) is 18.0 Å². The summed E-state index contributed by atoms with van der Waals surface area (Å²) < 4.78 is 0. The van der Waals surface area contributed by atoms with Gasteiger partial charge in [0.15, 0.2) is 0 Å². The molecule has 2 aliphatic heterocycles. The Bertz CT molecular complexity index is 830. The number of carbonyl (C=O) groups excluding carboxylic acids is 1. The van der Waals surface area contributed by atoms with Crippen LogP contribution >= 0.6 is 0 Å². The highest BCUT2D eigenvalue weighted by Crippen LogP contribution is 2.41. The van der Waals surface area contributed by atoms with E-state index in [0.29, 0.717) is 12.1 Å². The predicted octanol–water partition coefficient (Wildman–Crippen LogP) is 3.57. The van der Waals surface area contributed by atoms with Crippen molar-refractivity contribution in [3.05, 3.63) is 35.4 Å². The smallest absolute Gasteiger partial charge is 0.237 e. The maximum absolute atomic E-state index is 12.8. The molecule has 0 bridgehead atoms. The number of benzene rings is 1. The zero-order valence-corrected chi connectivity index (χ0v) is 19.3. The summed E-state index contributed by atoms with van der Waals surface area (Å²) >= 11 is 0. The van der Waals surface area contributed by atoms with Gasteiger partial charge in [-0.2, -0.15) is 0 Å². The van der Waals surface area contributed by atoms with E-state index in [2.05, 4.69) is 71.8 Å². The van der Waals surface area contributed by atoms with Crippen LogP contribution < -0.4 is 15.5 Å². The molecule has 2 saturated heterocycles. The highest BCUT2D eigenvalue weighted by atomic mass is 16.2. The first-order valence-corrected chi connectivity index (χ1v) is 12.3. The second kappa shape index (κ2) is 8.59. The van der Waals surface area contributed by atoms with Gasteiger partial charge in [-0.3, -0.25) is 4.79 Å². The third-order valence-electron chi connectivity index (χ3n) is 7.90. The van der Waals surface area contributed by atoms with Crippen molar-refractivity contribution in [2.45, 2.75) is 69.6 Å². The van der Waals surface area contributed by atoms with Gasteiger partial charge in [0.25, 0.3) is 0 Å². The van der Waals surface area contributed by atoms with Crippen LogP contribution in [-0.2, 0) is 4.79 Å². The molecule has 4 fully saturated rings. The number of hydrogen-bond donors (Lipinski definition) is 2. The molecule has 1 aromatic carbocycles.